The van der Waals surface area contributed by atoms with Crippen LogP contribution in [-0.4, -0.2) is 22.8 Å². The molecule has 2 aromatic rings. The third kappa shape index (κ3) is 2.44. The molecule has 20 heavy (non-hydrogen) atoms. The first-order chi connectivity index (χ1) is 9.67. The van der Waals surface area contributed by atoms with E-state index in [4.69, 9.17) is 15.0 Å². The first-order valence-corrected chi connectivity index (χ1v) is 6.63. The lowest BCUT2D eigenvalue weighted by Crippen LogP contribution is -2.18. The largest absolute Gasteiger partial charge is 0.364 e. The van der Waals surface area contributed by atoms with Gasteiger partial charge in [-0.25, -0.2) is 4.39 Å². The van der Waals surface area contributed by atoms with E-state index in [9.17, 15) is 4.39 Å². The molecular formula is C14H16FN3O2. The van der Waals surface area contributed by atoms with Crippen LogP contribution < -0.4 is 5.73 Å². The van der Waals surface area contributed by atoms with Crippen LogP contribution in [-0.2, 0) is 4.74 Å². The van der Waals surface area contributed by atoms with Crippen LogP contribution in [0.1, 0.15) is 30.4 Å². The highest BCUT2D eigenvalue weighted by atomic mass is 19.1. The second kappa shape index (κ2) is 5.30. The van der Waals surface area contributed by atoms with Crippen LogP contribution in [0.4, 0.5) is 4.39 Å². The predicted molar refractivity (Wildman–Crippen MR) is 70.3 cm³/mol. The van der Waals surface area contributed by atoms with Gasteiger partial charge >= 0.3 is 0 Å². The van der Waals surface area contributed by atoms with E-state index in [0.29, 0.717) is 29.4 Å². The van der Waals surface area contributed by atoms with Gasteiger partial charge in [-0.1, -0.05) is 17.3 Å². The molecule has 1 aromatic heterocycles. The maximum absolute atomic E-state index is 13.5. The predicted octanol–water partition coefficient (Wildman–Crippen LogP) is 2.36. The normalized spacial score (nSPS) is 22.4. The molecule has 0 aliphatic carbocycles. The van der Waals surface area contributed by atoms with E-state index in [1.54, 1.807) is 19.1 Å². The van der Waals surface area contributed by atoms with Gasteiger partial charge in [0.2, 0.25) is 5.82 Å². The number of hydrogen-bond acceptors (Lipinski definition) is 5. The van der Waals surface area contributed by atoms with Crippen molar-refractivity contribution in [2.75, 3.05) is 6.54 Å². The first kappa shape index (κ1) is 13.2. The Morgan fingerprint density at radius 1 is 1.40 bits per heavy atom. The molecule has 1 aliphatic rings. The summed E-state index contributed by atoms with van der Waals surface area (Å²) in [6.45, 7) is 2.20. The average molecular weight is 277 g/mol. The van der Waals surface area contributed by atoms with Gasteiger partial charge < -0.3 is 15.0 Å². The number of halogens is 1. The average Bonchev–Trinajstić information content (AvgIpc) is 3.09. The molecule has 2 unspecified atom stereocenters. The fraction of sp³-hybridized carbons (Fsp3) is 0.429. The van der Waals surface area contributed by atoms with E-state index in [1.165, 1.54) is 6.07 Å². The van der Waals surface area contributed by atoms with Crippen molar-refractivity contribution in [1.82, 2.24) is 10.1 Å². The van der Waals surface area contributed by atoms with Crippen molar-refractivity contribution in [3.05, 3.63) is 35.5 Å². The summed E-state index contributed by atoms with van der Waals surface area (Å²) in [5, 5.41) is 3.89. The molecule has 1 saturated heterocycles. The molecule has 6 heteroatoms. The van der Waals surface area contributed by atoms with Crippen molar-refractivity contribution in [2.45, 2.75) is 32.0 Å². The lowest BCUT2D eigenvalue weighted by Gasteiger charge is -2.07. The van der Waals surface area contributed by atoms with Gasteiger partial charge in [0.1, 0.15) is 11.9 Å². The van der Waals surface area contributed by atoms with Crippen LogP contribution in [0.15, 0.2) is 22.7 Å². The van der Waals surface area contributed by atoms with Gasteiger partial charge in [-0.3, -0.25) is 0 Å². The summed E-state index contributed by atoms with van der Waals surface area (Å²) in [5.74, 6) is 0.518. The number of nitrogens with zero attached hydrogens (tertiary/aromatic N) is 2. The van der Waals surface area contributed by atoms with Crippen molar-refractivity contribution in [3.63, 3.8) is 0 Å². The maximum atomic E-state index is 13.5. The lowest BCUT2D eigenvalue weighted by molar-refractivity contribution is 0.0307. The van der Waals surface area contributed by atoms with Gasteiger partial charge in [0.15, 0.2) is 0 Å². The zero-order chi connectivity index (χ0) is 14.1. The molecule has 0 bridgehead atoms. The minimum absolute atomic E-state index is 0.0483. The molecule has 0 saturated carbocycles. The third-order valence-electron chi connectivity index (χ3n) is 3.52. The quantitative estimate of drug-likeness (QED) is 0.932. The second-order valence-electron chi connectivity index (χ2n) is 4.98. The molecule has 1 aliphatic heterocycles. The van der Waals surface area contributed by atoms with Gasteiger partial charge in [-0.15, -0.1) is 0 Å². The van der Waals surface area contributed by atoms with E-state index in [0.717, 1.165) is 12.8 Å². The highest BCUT2D eigenvalue weighted by molar-refractivity contribution is 5.54. The van der Waals surface area contributed by atoms with Crippen LogP contribution in [0.2, 0.25) is 0 Å². The Morgan fingerprint density at radius 2 is 2.25 bits per heavy atom. The molecule has 3 rings (SSSR count). The Kier molecular flexibility index (Phi) is 3.50. The fourth-order valence-corrected chi connectivity index (χ4v) is 2.28. The molecule has 1 aromatic carbocycles. The SMILES string of the molecule is Cc1ccc(-c2noc(C3CCC(CN)O3)n2)cc1F. The first-order valence-electron chi connectivity index (χ1n) is 6.63. The highest BCUT2D eigenvalue weighted by Gasteiger charge is 2.30. The van der Waals surface area contributed by atoms with Gasteiger partial charge in [0.05, 0.1) is 6.10 Å². The molecule has 1 fully saturated rings. The minimum Gasteiger partial charge on any atom is -0.364 e. The van der Waals surface area contributed by atoms with E-state index >= 15 is 0 Å². The zero-order valence-corrected chi connectivity index (χ0v) is 11.2. The second-order valence-corrected chi connectivity index (χ2v) is 4.98. The number of aryl methyl sites for hydroxylation is 1. The number of aromatic nitrogens is 2. The molecular weight excluding hydrogens is 261 g/mol. The fourth-order valence-electron chi connectivity index (χ4n) is 2.28. The molecule has 106 valence electrons. The topological polar surface area (TPSA) is 74.2 Å². The van der Waals surface area contributed by atoms with Crippen LogP contribution in [0.3, 0.4) is 0 Å². The maximum Gasteiger partial charge on any atom is 0.256 e. The van der Waals surface area contributed by atoms with Crippen LogP contribution in [0, 0.1) is 12.7 Å². The Labute approximate surface area is 115 Å². The van der Waals surface area contributed by atoms with Gasteiger partial charge in [-0.2, -0.15) is 4.98 Å². The summed E-state index contributed by atoms with van der Waals surface area (Å²) < 4.78 is 24.5. The smallest absolute Gasteiger partial charge is 0.256 e. The lowest BCUT2D eigenvalue weighted by atomic mass is 10.1. The zero-order valence-electron chi connectivity index (χ0n) is 11.2. The van der Waals surface area contributed by atoms with E-state index in [2.05, 4.69) is 10.1 Å². The molecule has 2 atom stereocenters. The molecule has 0 amide bonds. The Balaban J connectivity index is 1.81. The van der Waals surface area contributed by atoms with Crippen molar-refractivity contribution < 1.29 is 13.7 Å². The Morgan fingerprint density at radius 3 is 2.95 bits per heavy atom. The molecule has 2 heterocycles. The molecule has 0 radical (unpaired) electrons. The minimum atomic E-state index is -0.283. The van der Waals surface area contributed by atoms with Crippen LogP contribution in [0.5, 0.6) is 0 Å². The van der Waals surface area contributed by atoms with E-state index < -0.39 is 0 Å². The number of rotatable bonds is 3. The third-order valence-corrected chi connectivity index (χ3v) is 3.52. The highest BCUT2D eigenvalue weighted by Crippen LogP contribution is 2.32. The summed E-state index contributed by atoms with van der Waals surface area (Å²) in [6, 6.07) is 4.87. The Bertz CT molecular complexity index is 614. The molecule has 2 N–H and O–H groups in total. The van der Waals surface area contributed by atoms with Gasteiger partial charge in [0, 0.05) is 12.1 Å². The number of hydrogen-bond donors (Lipinski definition) is 1. The Hall–Kier alpha value is -1.79. The summed E-state index contributed by atoms with van der Waals surface area (Å²) in [4.78, 5) is 4.29. The monoisotopic (exact) mass is 277 g/mol. The number of benzene rings is 1. The van der Waals surface area contributed by atoms with Crippen molar-refractivity contribution in [3.8, 4) is 11.4 Å². The van der Waals surface area contributed by atoms with Crippen LogP contribution in [0.25, 0.3) is 11.4 Å². The summed E-state index contributed by atoms with van der Waals surface area (Å²) in [6.07, 6.45) is 1.54. The molecule has 0 spiro atoms. The van der Waals surface area contributed by atoms with Gasteiger partial charge in [0.25, 0.3) is 5.89 Å². The van der Waals surface area contributed by atoms with E-state index in [1.807, 2.05) is 0 Å². The summed E-state index contributed by atoms with van der Waals surface area (Å²) >= 11 is 0. The number of nitrogens with two attached hydrogens (primary N) is 1. The van der Waals surface area contributed by atoms with Crippen LogP contribution >= 0.6 is 0 Å². The standard InChI is InChI=1S/C14H16FN3O2/c1-8-2-3-9(6-11(8)15)13-17-14(20-18-13)12-5-4-10(7-16)19-12/h2-3,6,10,12H,4-5,7,16H2,1H3. The summed E-state index contributed by atoms with van der Waals surface area (Å²) in [7, 11) is 0. The van der Waals surface area contributed by atoms with Gasteiger partial charge in [-0.05, 0) is 31.4 Å². The van der Waals surface area contributed by atoms with Crippen molar-refractivity contribution >= 4 is 0 Å². The number of ether oxygens (including phenoxy) is 1. The van der Waals surface area contributed by atoms with Crippen molar-refractivity contribution in [1.29, 1.82) is 0 Å². The summed E-state index contributed by atoms with van der Waals surface area (Å²) in [5.41, 5.74) is 6.75. The molecule has 5 nitrogen and oxygen atoms in total. The van der Waals surface area contributed by atoms with E-state index in [-0.39, 0.29) is 18.0 Å². The van der Waals surface area contributed by atoms with Crippen molar-refractivity contribution in [2.24, 2.45) is 5.73 Å².